The summed E-state index contributed by atoms with van der Waals surface area (Å²) in [6.07, 6.45) is 16.2. The monoisotopic (exact) mass is 562 g/mol. The van der Waals surface area contributed by atoms with Gasteiger partial charge in [-0.3, -0.25) is 14.5 Å². The van der Waals surface area contributed by atoms with Gasteiger partial charge in [0.15, 0.2) is 17.3 Å². The molecule has 1 saturated heterocycles. The number of benzene rings is 2. The van der Waals surface area contributed by atoms with Gasteiger partial charge in [0.1, 0.15) is 19.0 Å². The van der Waals surface area contributed by atoms with Crippen molar-refractivity contribution < 1.29 is 29.3 Å². The van der Waals surface area contributed by atoms with Crippen molar-refractivity contribution in [1.82, 2.24) is 10.2 Å². The third-order valence-electron chi connectivity index (χ3n) is 8.96. The van der Waals surface area contributed by atoms with Gasteiger partial charge < -0.3 is 25.0 Å². The topological polar surface area (TPSA) is 108 Å². The number of terminal acetylenes is 1. The number of aliphatic hydroxyl groups excluding tert-OH is 1. The van der Waals surface area contributed by atoms with Crippen molar-refractivity contribution in [3.8, 4) is 30.1 Å². The lowest BCUT2D eigenvalue weighted by Crippen LogP contribution is -2.36. The van der Waals surface area contributed by atoms with E-state index in [4.69, 9.17) is 9.47 Å². The Hall–Kier alpha value is -3.54. The minimum Gasteiger partial charge on any atom is -0.508 e. The molecular formula is C33H42N2O6. The molecule has 0 radical (unpaired) electrons. The maximum atomic E-state index is 12.0. The van der Waals surface area contributed by atoms with E-state index in [-0.39, 0.29) is 24.0 Å². The zero-order chi connectivity index (χ0) is 29.4. The lowest BCUT2D eigenvalue weighted by molar-refractivity contribution is -0.121. The summed E-state index contributed by atoms with van der Waals surface area (Å²) >= 11 is 0. The molecule has 1 amide bonds. The summed E-state index contributed by atoms with van der Waals surface area (Å²) in [5.41, 5.74) is 2.03. The number of fused-ring (bicyclic) bond motifs is 1. The minimum absolute atomic E-state index is 0.0296. The number of Topliss-reactive ketones (excluding diaryl/α,β-unsaturated/α-hetero) is 1. The van der Waals surface area contributed by atoms with E-state index < -0.39 is 6.10 Å². The molecule has 0 aromatic heterocycles. The Kier molecular flexibility index (Phi) is 10.3. The highest BCUT2D eigenvalue weighted by Gasteiger charge is 2.71. The van der Waals surface area contributed by atoms with Crippen molar-refractivity contribution in [1.29, 1.82) is 0 Å². The van der Waals surface area contributed by atoms with Gasteiger partial charge in [0.05, 0.1) is 6.10 Å². The van der Waals surface area contributed by atoms with E-state index in [0.717, 1.165) is 23.9 Å². The molecule has 2 aromatic carbocycles. The van der Waals surface area contributed by atoms with Crippen LogP contribution in [0.4, 0.5) is 0 Å². The van der Waals surface area contributed by atoms with Gasteiger partial charge in [0.2, 0.25) is 5.91 Å². The van der Waals surface area contributed by atoms with Crippen LogP contribution in [0.25, 0.3) is 0 Å². The molecule has 2 aliphatic carbocycles. The summed E-state index contributed by atoms with van der Waals surface area (Å²) in [6, 6.07) is 12.5. The van der Waals surface area contributed by atoms with E-state index in [2.05, 4.69) is 30.1 Å². The van der Waals surface area contributed by atoms with Crippen LogP contribution in [0.15, 0.2) is 42.5 Å². The van der Waals surface area contributed by atoms with Crippen molar-refractivity contribution >= 4 is 11.7 Å². The lowest BCUT2D eigenvalue weighted by Gasteiger charge is -2.34. The van der Waals surface area contributed by atoms with Crippen molar-refractivity contribution in [3.63, 3.8) is 0 Å². The van der Waals surface area contributed by atoms with Crippen molar-refractivity contribution in [2.24, 2.45) is 5.92 Å². The van der Waals surface area contributed by atoms with E-state index in [1.807, 2.05) is 0 Å². The third-order valence-corrected chi connectivity index (χ3v) is 8.96. The van der Waals surface area contributed by atoms with Gasteiger partial charge in [-0.1, -0.05) is 12.5 Å². The number of rotatable bonds is 10. The number of carbonyl (C=O) groups excluding carboxylic acids is 2. The number of unbranched alkanes of at least 4 members (excludes halogenated alkanes) is 2. The van der Waals surface area contributed by atoms with E-state index >= 15 is 0 Å². The normalized spacial score (nSPS) is 24.9. The predicted molar refractivity (Wildman–Crippen MR) is 157 cm³/mol. The fraction of sp³-hybridized carbons (Fsp3) is 0.515. The Labute approximate surface area is 243 Å². The molecule has 3 N–H and O–H groups in total. The number of nitrogens with zero attached hydrogens (tertiary/aromatic N) is 1. The third kappa shape index (κ3) is 7.03. The zero-order valence-electron chi connectivity index (χ0n) is 23.9. The number of hydrogen-bond acceptors (Lipinski definition) is 7. The van der Waals surface area contributed by atoms with Gasteiger partial charge in [-0.15, -0.1) is 12.8 Å². The van der Waals surface area contributed by atoms with Crippen LogP contribution in [0.2, 0.25) is 0 Å². The number of aliphatic hydroxyl groups is 1. The smallest absolute Gasteiger partial charge is 0.220 e. The summed E-state index contributed by atoms with van der Waals surface area (Å²) in [5.74, 6) is 2.42. The number of aromatic hydroxyl groups is 1. The highest BCUT2D eigenvalue weighted by molar-refractivity contribution is 5.96. The number of phenolic OH excluding ortho intramolecular Hbond substituents is 1. The number of piperidine rings is 1. The van der Waals surface area contributed by atoms with Gasteiger partial charge in [-0.2, -0.15) is 0 Å². The number of phenols is 1. The van der Waals surface area contributed by atoms with Gasteiger partial charge in [-0.05, 0) is 93.5 Å². The van der Waals surface area contributed by atoms with Crippen LogP contribution < -0.4 is 14.8 Å². The van der Waals surface area contributed by atoms with E-state index in [1.54, 1.807) is 30.3 Å². The second-order valence-electron chi connectivity index (χ2n) is 11.2. The standard InChI is InChI=1S/C23H27NO6.C8H13N.C2H2/c25-18-9-6-16(7-10-18)19(26)4-2-1-3-5-23(28)24-15-20(27)17-8-11-21-22(14-17)30-13-12-29-21;1-9-7-3-2-6-4-5-8(6,7)9;1-2/h6-11,14,20,25,27H,1-5,12-13,15H2,(H,24,28);6-7H,2-5H2,1H3;1-2H. The number of likely N-dealkylation sites (tertiary alicyclic amines) is 1. The molecule has 2 saturated carbocycles. The maximum absolute atomic E-state index is 12.0. The molecule has 2 heterocycles. The molecule has 5 unspecified atom stereocenters. The lowest BCUT2D eigenvalue weighted by atomic mass is 9.74. The number of hydrogen-bond donors (Lipinski definition) is 3. The quantitative estimate of drug-likeness (QED) is 0.168. The molecule has 2 aromatic rings. The fourth-order valence-corrected chi connectivity index (χ4v) is 6.54. The number of ether oxygens (including phenoxy) is 2. The molecule has 8 nitrogen and oxygen atoms in total. The van der Waals surface area contributed by atoms with Crippen LogP contribution in [0.1, 0.15) is 79.8 Å². The van der Waals surface area contributed by atoms with Gasteiger partial charge in [0.25, 0.3) is 0 Å². The average molecular weight is 563 g/mol. The Balaban J connectivity index is 0.000000289. The Morgan fingerprint density at radius 1 is 1.00 bits per heavy atom. The Morgan fingerprint density at radius 2 is 1.71 bits per heavy atom. The molecule has 6 rings (SSSR count). The first-order chi connectivity index (χ1) is 19.9. The number of nitrogens with one attached hydrogen (secondary N) is 1. The highest BCUT2D eigenvalue weighted by atomic mass is 16.6. The first-order valence-corrected chi connectivity index (χ1v) is 14.6. The Bertz CT molecular complexity index is 1210. The van der Waals surface area contributed by atoms with E-state index in [1.165, 1.54) is 37.8 Å². The van der Waals surface area contributed by atoms with E-state index in [0.29, 0.717) is 61.5 Å². The Morgan fingerprint density at radius 3 is 2.34 bits per heavy atom. The first-order valence-electron chi connectivity index (χ1n) is 14.6. The number of likely N-dealkylation sites (N-methyl/N-ethyl adjacent to an activating group) is 1. The van der Waals surface area contributed by atoms with Crippen LogP contribution in [-0.2, 0) is 4.79 Å². The number of ketones is 1. The minimum atomic E-state index is -0.826. The molecule has 4 aliphatic rings. The molecule has 220 valence electrons. The molecular weight excluding hydrogens is 520 g/mol. The number of carbonyl (C=O) groups is 2. The first kappa shape index (κ1) is 30.4. The average Bonchev–Trinajstić information content (AvgIpc) is 3.52. The second kappa shape index (κ2) is 13.9. The van der Waals surface area contributed by atoms with Crippen LogP contribution in [0.3, 0.4) is 0 Å². The van der Waals surface area contributed by atoms with Gasteiger partial charge in [-0.25, -0.2) is 0 Å². The SMILES string of the molecule is C#C.CN1C2CCC3CCC321.O=C(CCCCCC(=O)c1ccc(O)cc1)NCC(O)c1ccc2c(c1)OCCO2. The molecule has 41 heavy (non-hydrogen) atoms. The summed E-state index contributed by atoms with van der Waals surface area (Å²) in [5, 5.41) is 22.3. The van der Waals surface area contributed by atoms with Crippen molar-refractivity contribution in [2.75, 3.05) is 26.8 Å². The van der Waals surface area contributed by atoms with Crippen molar-refractivity contribution in [2.45, 2.75) is 75.5 Å². The van der Waals surface area contributed by atoms with Crippen LogP contribution >= 0.6 is 0 Å². The van der Waals surface area contributed by atoms with Crippen LogP contribution in [0, 0.1) is 18.8 Å². The molecule has 1 spiro atoms. The summed E-state index contributed by atoms with van der Waals surface area (Å²) < 4.78 is 11.0. The molecule has 8 heteroatoms. The van der Waals surface area contributed by atoms with Crippen LogP contribution in [-0.4, -0.2) is 65.2 Å². The van der Waals surface area contributed by atoms with E-state index in [9.17, 15) is 19.8 Å². The fourth-order valence-electron chi connectivity index (χ4n) is 6.54. The van der Waals surface area contributed by atoms with Crippen molar-refractivity contribution in [3.05, 3.63) is 53.6 Å². The summed E-state index contributed by atoms with van der Waals surface area (Å²) in [7, 11) is 2.30. The summed E-state index contributed by atoms with van der Waals surface area (Å²) in [4.78, 5) is 26.7. The summed E-state index contributed by atoms with van der Waals surface area (Å²) in [6.45, 7) is 1.11. The highest BCUT2D eigenvalue weighted by Crippen LogP contribution is 2.65. The molecule has 3 fully saturated rings. The molecule has 5 atom stereocenters. The maximum Gasteiger partial charge on any atom is 0.220 e. The predicted octanol–water partition coefficient (Wildman–Crippen LogP) is 4.64. The van der Waals surface area contributed by atoms with Crippen LogP contribution in [0.5, 0.6) is 17.2 Å². The van der Waals surface area contributed by atoms with Gasteiger partial charge in [0, 0.05) is 36.5 Å². The molecule has 2 aliphatic heterocycles. The second-order valence-corrected chi connectivity index (χ2v) is 11.2. The zero-order valence-corrected chi connectivity index (χ0v) is 23.9. The van der Waals surface area contributed by atoms with Gasteiger partial charge >= 0.3 is 0 Å². The molecule has 0 bridgehead atoms. The number of amides is 1. The largest absolute Gasteiger partial charge is 0.508 e.